The van der Waals surface area contributed by atoms with E-state index in [4.69, 9.17) is 5.73 Å². The van der Waals surface area contributed by atoms with Gasteiger partial charge in [-0.1, -0.05) is 27.2 Å². The Morgan fingerprint density at radius 1 is 1.06 bits per heavy atom. The highest BCUT2D eigenvalue weighted by molar-refractivity contribution is 5.91. The molecule has 94 valence electrons. The van der Waals surface area contributed by atoms with Crippen LogP contribution in [0.5, 0.6) is 0 Å². The van der Waals surface area contributed by atoms with Crippen LogP contribution in [0.25, 0.3) is 0 Å². The summed E-state index contributed by atoms with van der Waals surface area (Å²) >= 11 is 0. The maximum absolute atomic E-state index is 11.3. The Kier molecular flexibility index (Phi) is 7.69. The maximum atomic E-state index is 11.3. The zero-order chi connectivity index (χ0) is 12.6. The van der Waals surface area contributed by atoms with E-state index in [1.165, 1.54) is 0 Å². The summed E-state index contributed by atoms with van der Waals surface area (Å²) in [5.74, 6) is -0.291. The molecule has 0 aromatic carbocycles. The van der Waals surface area contributed by atoms with E-state index in [1.54, 1.807) is 0 Å². The molecule has 1 amide bonds. The molecule has 3 heteroatoms. The number of hydrogen-bond donors (Lipinski definition) is 1. The van der Waals surface area contributed by atoms with Crippen molar-refractivity contribution in [1.29, 1.82) is 0 Å². The zero-order valence-electron chi connectivity index (χ0n) is 11.2. The summed E-state index contributed by atoms with van der Waals surface area (Å²) in [4.78, 5) is 13.6. The number of nitrogens with two attached hydrogens (primary N) is 1. The second-order valence-corrected chi connectivity index (χ2v) is 4.17. The summed E-state index contributed by atoms with van der Waals surface area (Å²) in [6.45, 7) is 10.3. The Labute approximate surface area is 99.7 Å². The topological polar surface area (TPSA) is 46.3 Å². The third-order valence-electron chi connectivity index (χ3n) is 2.66. The van der Waals surface area contributed by atoms with Gasteiger partial charge in [0, 0.05) is 24.4 Å². The van der Waals surface area contributed by atoms with Crippen molar-refractivity contribution < 1.29 is 4.79 Å². The van der Waals surface area contributed by atoms with Gasteiger partial charge in [-0.15, -0.1) is 0 Å². The molecular weight excluding hydrogens is 200 g/mol. The van der Waals surface area contributed by atoms with E-state index >= 15 is 0 Å². The van der Waals surface area contributed by atoms with Crippen LogP contribution in [0.4, 0.5) is 0 Å². The molecule has 0 aliphatic heterocycles. The van der Waals surface area contributed by atoms with Crippen LogP contribution in [0.1, 0.15) is 53.4 Å². The van der Waals surface area contributed by atoms with Crippen LogP contribution < -0.4 is 5.73 Å². The van der Waals surface area contributed by atoms with E-state index in [0.717, 1.165) is 50.0 Å². The molecule has 2 N–H and O–H groups in total. The van der Waals surface area contributed by atoms with E-state index < -0.39 is 0 Å². The first-order valence-electron chi connectivity index (χ1n) is 6.32. The van der Waals surface area contributed by atoms with Crippen LogP contribution in [0.2, 0.25) is 0 Å². The minimum absolute atomic E-state index is 0.291. The van der Waals surface area contributed by atoms with Gasteiger partial charge in [0.1, 0.15) is 0 Å². The van der Waals surface area contributed by atoms with Crippen molar-refractivity contribution in [2.75, 3.05) is 13.1 Å². The highest BCUT2D eigenvalue weighted by Crippen LogP contribution is 2.17. The minimum atomic E-state index is -0.291. The summed E-state index contributed by atoms with van der Waals surface area (Å²) in [5, 5.41) is 0. The van der Waals surface area contributed by atoms with Crippen LogP contribution >= 0.6 is 0 Å². The lowest BCUT2D eigenvalue weighted by atomic mass is 10.1. The molecule has 0 aromatic heterocycles. The van der Waals surface area contributed by atoms with Crippen molar-refractivity contribution in [2.45, 2.75) is 53.4 Å². The van der Waals surface area contributed by atoms with Crippen LogP contribution in [-0.4, -0.2) is 23.9 Å². The van der Waals surface area contributed by atoms with Gasteiger partial charge < -0.3 is 10.6 Å². The van der Waals surface area contributed by atoms with E-state index in [1.807, 2.05) is 6.92 Å². The van der Waals surface area contributed by atoms with E-state index in [9.17, 15) is 4.79 Å². The molecule has 0 rings (SSSR count). The number of primary amides is 1. The molecule has 0 spiro atoms. The van der Waals surface area contributed by atoms with Gasteiger partial charge >= 0.3 is 0 Å². The Hall–Kier alpha value is -0.990. The van der Waals surface area contributed by atoms with Crippen LogP contribution in [0, 0.1) is 0 Å². The van der Waals surface area contributed by atoms with Gasteiger partial charge in [0.25, 0.3) is 0 Å². The maximum Gasteiger partial charge on any atom is 0.246 e. The Bertz CT molecular complexity index is 240. The van der Waals surface area contributed by atoms with Crippen LogP contribution in [-0.2, 0) is 4.79 Å². The van der Waals surface area contributed by atoms with Gasteiger partial charge in [-0.25, -0.2) is 0 Å². The number of rotatable bonds is 8. The largest absolute Gasteiger partial charge is 0.374 e. The van der Waals surface area contributed by atoms with Crippen molar-refractivity contribution >= 4 is 5.91 Å². The van der Waals surface area contributed by atoms with Gasteiger partial charge in [-0.3, -0.25) is 4.79 Å². The molecule has 0 radical (unpaired) electrons. The van der Waals surface area contributed by atoms with Crippen LogP contribution in [0.3, 0.4) is 0 Å². The summed E-state index contributed by atoms with van der Waals surface area (Å²) in [6.07, 6.45) is 4.18. The highest BCUT2D eigenvalue weighted by atomic mass is 16.1. The van der Waals surface area contributed by atoms with E-state index in [0.29, 0.717) is 0 Å². The minimum Gasteiger partial charge on any atom is -0.374 e. The van der Waals surface area contributed by atoms with Crippen molar-refractivity contribution in [2.24, 2.45) is 5.73 Å². The fourth-order valence-corrected chi connectivity index (χ4v) is 1.88. The second kappa shape index (κ2) is 8.20. The van der Waals surface area contributed by atoms with Crippen molar-refractivity contribution in [1.82, 2.24) is 4.90 Å². The average Bonchev–Trinajstić information content (AvgIpc) is 2.24. The fraction of sp³-hybridized carbons (Fsp3) is 0.769. The van der Waals surface area contributed by atoms with Gasteiger partial charge in [0.2, 0.25) is 5.91 Å². The molecule has 0 saturated carbocycles. The lowest BCUT2D eigenvalue weighted by Gasteiger charge is -2.28. The zero-order valence-corrected chi connectivity index (χ0v) is 11.2. The van der Waals surface area contributed by atoms with Crippen molar-refractivity contribution in [3.8, 4) is 0 Å². The first-order chi connectivity index (χ1) is 7.58. The number of carbonyl (C=O) groups excluding carboxylic acids is 1. The number of allylic oxidation sites excluding steroid dienone is 1. The van der Waals surface area contributed by atoms with Gasteiger partial charge in [-0.2, -0.15) is 0 Å². The number of carbonyl (C=O) groups is 1. The molecule has 16 heavy (non-hydrogen) atoms. The second-order valence-electron chi connectivity index (χ2n) is 4.17. The first kappa shape index (κ1) is 15.0. The van der Waals surface area contributed by atoms with Gasteiger partial charge in [-0.05, 0) is 26.2 Å². The van der Waals surface area contributed by atoms with E-state index in [-0.39, 0.29) is 5.91 Å². The van der Waals surface area contributed by atoms with Crippen LogP contribution in [0.15, 0.2) is 11.3 Å². The summed E-state index contributed by atoms with van der Waals surface area (Å²) in [5.41, 5.74) is 7.24. The lowest BCUT2D eigenvalue weighted by molar-refractivity contribution is -0.114. The quantitative estimate of drug-likeness (QED) is 0.647. The molecule has 0 saturated heterocycles. The molecule has 0 fully saturated rings. The van der Waals surface area contributed by atoms with Crippen molar-refractivity contribution in [3.05, 3.63) is 11.3 Å². The summed E-state index contributed by atoms with van der Waals surface area (Å²) < 4.78 is 0. The number of amides is 1. The lowest BCUT2D eigenvalue weighted by Crippen LogP contribution is -2.28. The number of nitrogens with zero attached hydrogens (tertiary/aromatic N) is 1. The Balaban J connectivity index is 4.96. The predicted molar refractivity (Wildman–Crippen MR) is 69.0 cm³/mol. The fourth-order valence-electron chi connectivity index (χ4n) is 1.88. The molecule has 0 bridgehead atoms. The summed E-state index contributed by atoms with van der Waals surface area (Å²) in [7, 11) is 0. The third-order valence-corrected chi connectivity index (χ3v) is 2.66. The molecule has 0 aliphatic carbocycles. The molecule has 0 aliphatic rings. The molecule has 0 heterocycles. The molecule has 0 atom stereocenters. The summed E-state index contributed by atoms with van der Waals surface area (Å²) in [6, 6.07) is 0. The Morgan fingerprint density at radius 2 is 1.56 bits per heavy atom. The number of hydrogen-bond acceptors (Lipinski definition) is 2. The standard InChI is InChI=1S/C13H26N2O/c1-5-8-12(11(4)13(14)16)15(9-6-2)10-7-3/h5-10H2,1-4H3,(H2,14,16)/b12-11+. The predicted octanol–water partition coefficient (Wildman–Crippen LogP) is 2.67. The Morgan fingerprint density at radius 3 is 1.88 bits per heavy atom. The third kappa shape index (κ3) is 4.69. The monoisotopic (exact) mass is 226 g/mol. The van der Waals surface area contributed by atoms with Gasteiger partial charge in [0.05, 0.1) is 0 Å². The first-order valence-corrected chi connectivity index (χ1v) is 6.32. The smallest absolute Gasteiger partial charge is 0.246 e. The normalized spacial score (nSPS) is 12.2. The van der Waals surface area contributed by atoms with E-state index in [2.05, 4.69) is 25.7 Å². The average molecular weight is 226 g/mol. The molecule has 0 unspecified atom stereocenters. The molecule has 0 aromatic rings. The SMILES string of the molecule is CCC/C(=C(/C)C(N)=O)N(CCC)CCC. The highest BCUT2D eigenvalue weighted by Gasteiger charge is 2.13. The van der Waals surface area contributed by atoms with Crippen molar-refractivity contribution in [3.63, 3.8) is 0 Å². The molecule has 3 nitrogen and oxygen atoms in total. The van der Waals surface area contributed by atoms with Gasteiger partial charge in [0.15, 0.2) is 0 Å². The molecular formula is C13H26N2O.